The molecular formula is C22H16N4O6. The van der Waals surface area contributed by atoms with Crippen molar-refractivity contribution in [3.05, 3.63) is 59.7 Å². The highest BCUT2D eigenvalue weighted by Crippen LogP contribution is 2.32. The zero-order valence-electron chi connectivity index (χ0n) is 16.8. The Hall–Kier alpha value is -4.34. The number of amides is 4. The van der Waals surface area contributed by atoms with Crippen molar-refractivity contribution >= 4 is 40.8 Å². The van der Waals surface area contributed by atoms with E-state index in [0.29, 0.717) is 11.4 Å². The van der Waals surface area contributed by atoms with Gasteiger partial charge < -0.3 is 4.74 Å². The number of carbonyl (C=O) groups is 5. The molecule has 0 aliphatic carbocycles. The zero-order valence-corrected chi connectivity index (χ0v) is 16.8. The van der Waals surface area contributed by atoms with Gasteiger partial charge in [-0.2, -0.15) is 5.10 Å². The molecule has 3 heterocycles. The number of methoxy groups -OCH3 is 1. The molecule has 2 atom stereocenters. The summed E-state index contributed by atoms with van der Waals surface area (Å²) in [6.07, 6.45) is 0. The van der Waals surface area contributed by atoms with Crippen molar-refractivity contribution in [1.82, 2.24) is 10.3 Å². The lowest BCUT2D eigenvalue weighted by Crippen LogP contribution is -2.41. The summed E-state index contributed by atoms with van der Waals surface area (Å²) in [6, 6.07) is 11.7. The third-order valence-electron chi connectivity index (χ3n) is 5.70. The van der Waals surface area contributed by atoms with Crippen LogP contribution in [0, 0.1) is 5.92 Å². The van der Waals surface area contributed by atoms with Gasteiger partial charge in [0.2, 0.25) is 5.91 Å². The second-order valence-electron chi connectivity index (χ2n) is 7.46. The number of carbonyl (C=O) groups excluding carboxylic acids is 5. The number of anilines is 1. The van der Waals surface area contributed by atoms with E-state index in [1.165, 1.54) is 25.3 Å². The SMILES string of the molecule is COc1cccc(N2C(=O)[C@H]3C(C(=O)CN4C(=O)c5ccccc5C4=O)=NN[C@@H]3C2=O)c1. The van der Waals surface area contributed by atoms with E-state index in [1.807, 2.05) is 0 Å². The van der Waals surface area contributed by atoms with Crippen molar-refractivity contribution in [1.29, 1.82) is 0 Å². The first-order chi connectivity index (χ1) is 15.4. The van der Waals surface area contributed by atoms with Crippen LogP contribution in [0.2, 0.25) is 0 Å². The van der Waals surface area contributed by atoms with Gasteiger partial charge in [-0.15, -0.1) is 0 Å². The molecule has 32 heavy (non-hydrogen) atoms. The normalized spacial score (nSPS) is 21.5. The molecule has 160 valence electrons. The molecule has 10 nitrogen and oxygen atoms in total. The molecule has 2 aromatic rings. The van der Waals surface area contributed by atoms with Crippen molar-refractivity contribution in [2.75, 3.05) is 18.6 Å². The average molecular weight is 432 g/mol. The van der Waals surface area contributed by atoms with E-state index in [1.54, 1.807) is 30.3 Å². The molecule has 10 heteroatoms. The number of rotatable bonds is 5. The van der Waals surface area contributed by atoms with Gasteiger partial charge >= 0.3 is 0 Å². The molecule has 5 rings (SSSR count). The minimum absolute atomic E-state index is 0.185. The summed E-state index contributed by atoms with van der Waals surface area (Å²) in [7, 11) is 1.46. The van der Waals surface area contributed by atoms with Crippen molar-refractivity contribution < 1.29 is 28.7 Å². The number of fused-ring (bicyclic) bond motifs is 2. The number of nitrogens with one attached hydrogen (secondary N) is 1. The first-order valence-corrected chi connectivity index (χ1v) is 9.75. The summed E-state index contributed by atoms with van der Waals surface area (Å²) in [5.74, 6) is -3.72. The van der Waals surface area contributed by atoms with Crippen LogP contribution in [0.3, 0.4) is 0 Å². The number of benzene rings is 2. The first kappa shape index (κ1) is 19.6. The molecule has 3 aliphatic heterocycles. The van der Waals surface area contributed by atoms with Crippen LogP contribution in [0.25, 0.3) is 0 Å². The Morgan fingerprint density at radius 3 is 2.34 bits per heavy atom. The molecule has 0 saturated carbocycles. The highest BCUT2D eigenvalue weighted by Gasteiger charge is 2.55. The minimum Gasteiger partial charge on any atom is -0.497 e. The molecule has 1 fully saturated rings. The molecule has 2 aromatic carbocycles. The Bertz CT molecular complexity index is 1220. The van der Waals surface area contributed by atoms with E-state index >= 15 is 0 Å². The Kier molecular flexibility index (Phi) is 4.36. The maximum atomic E-state index is 13.1. The topological polar surface area (TPSA) is 125 Å². The van der Waals surface area contributed by atoms with Gasteiger partial charge in [-0.1, -0.05) is 18.2 Å². The number of ether oxygens (including phenoxy) is 1. The van der Waals surface area contributed by atoms with Crippen molar-refractivity contribution in [2.24, 2.45) is 11.0 Å². The van der Waals surface area contributed by atoms with Crippen LogP contribution in [-0.2, 0) is 14.4 Å². The van der Waals surface area contributed by atoms with Gasteiger partial charge in [0, 0.05) is 6.07 Å². The Labute approximate surface area is 181 Å². The second-order valence-corrected chi connectivity index (χ2v) is 7.46. The predicted octanol–water partition coefficient (Wildman–Crippen LogP) is 0.378. The third-order valence-corrected chi connectivity index (χ3v) is 5.70. The Morgan fingerprint density at radius 1 is 1.00 bits per heavy atom. The smallest absolute Gasteiger partial charge is 0.261 e. The van der Waals surface area contributed by atoms with Gasteiger partial charge in [-0.25, -0.2) is 4.90 Å². The third kappa shape index (κ3) is 2.73. The highest BCUT2D eigenvalue weighted by atomic mass is 16.5. The number of Topliss-reactive ketones (excluding diaryl/α,β-unsaturated/α-hetero) is 1. The summed E-state index contributed by atoms with van der Waals surface area (Å²) >= 11 is 0. The quantitative estimate of drug-likeness (QED) is 0.677. The van der Waals surface area contributed by atoms with E-state index in [4.69, 9.17) is 4.74 Å². The number of ketones is 1. The van der Waals surface area contributed by atoms with E-state index in [9.17, 15) is 24.0 Å². The largest absolute Gasteiger partial charge is 0.497 e. The molecule has 1 saturated heterocycles. The standard InChI is InChI=1S/C22H16N4O6/c1-32-12-6-4-5-11(9-12)26-21(30)16-17(23-24-18(16)22(26)31)15(27)10-25-19(28)13-7-2-3-8-14(13)20(25)29/h2-9,16,18,24H,10H2,1H3/t16-,18-/m0/s1. The van der Waals surface area contributed by atoms with Crippen molar-refractivity contribution in [2.45, 2.75) is 6.04 Å². The summed E-state index contributed by atoms with van der Waals surface area (Å²) in [5, 5.41) is 3.90. The fraction of sp³-hybridized carbons (Fsp3) is 0.182. The predicted molar refractivity (Wildman–Crippen MR) is 110 cm³/mol. The molecular weight excluding hydrogens is 416 g/mol. The van der Waals surface area contributed by atoms with Gasteiger partial charge in [0.05, 0.1) is 30.5 Å². The van der Waals surface area contributed by atoms with E-state index < -0.39 is 47.9 Å². The maximum absolute atomic E-state index is 13.1. The van der Waals surface area contributed by atoms with Crippen LogP contribution in [0.15, 0.2) is 53.6 Å². The van der Waals surface area contributed by atoms with Gasteiger partial charge in [0.15, 0.2) is 5.78 Å². The number of nitrogens with zero attached hydrogens (tertiary/aromatic N) is 3. The maximum Gasteiger partial charge on any atom is 0.261 e. The average Bonchev–Trinajstić information content (AvgIpc) is 3.43. The molecule has 0 unspecified atom stereocenters. The number of hydrogen-bond acceptors (Lipinski definition) is 8. The van der Waals surface area contributed by atoms with Crippen LogP contribution < -0.4 is 15.1 Å². The summed E-state index contributed by atoms with van der Waals surface area (Å²) in [4.78, 5) is 65.8. The summed E-state index contributed by atoms with van der Waals surface area (Å²) in [6.45, 7) is -0.573. The fourth-order valence-electron chi connectivity index (χ4n) is 4.13. The first-order valence-electron chi connectivity index (χ1n) is 9.75. The fourth-order valence-corrected chi connectivity index (χ4v) is 4.13. The van der Waals surface area contributed by atoms with E-state index in [2.05, 4.69) is 10.5 Å². The number of hydrazone groups is 1. The van der Waals surface area contributed by atoms with Crippen LogP contribution in [-0.4, -0.2) is 59.7 Å². The lowest BCUT2D eigenvalue weighted by molar-refractivity contribution is -0.122. The van der Waals surface area contributed by atoms with Gasteiger partial charge in [-0.3, -0.25) is 34.3 Å². The van der Waals surface area contributed by atoms with Gasteiger partial charge in [-0.05, 0) is 24.3 Å². The molecule has 1 N–H and O–H groups in total. The van der Waals surface area contributed by atoms with E-state index in [-0.39, 0.29) is 16.8 Å². The van der Waals surface area contributed by atoms with Gasteiger partial charge in [0.1, 0.15) is 23.4 Å². The zero-order chi connectivity index (χ0) is 22.6. The van der Waals surface area contributed by atoms with Crippen LogP contribution >= 0.6 is 0 Å². The highest BCUT2D eigenvalue weighted by molar-refractivity contribution is 6.49. The van der Waals surface area contributed by atoms with Crippen LogP contribution in [0.1, 0.15) is 20.7 Å². The van der Waals surface area contributed by atoms with Crippen molar-refractivity contribution in [3.8, 4) is 5.75 Å². The summed E-state index contributed by atoms with van der Waals surface area (Å²) < 4.78 is 5.15. The van der Waals surface area contributed by atoms with Crippen LogP contribution in [0.5, 0.6) is 5.75 Å². The van der Waals surface area contributed by atoms with Gasteiger partial charge in [0.25, 0.3) is 17.7 Å². The lowest BCUT2D eigenvalue weighted by Gasteiger charge is -2.17. The molecule has 0 spiro atoms. The molecule has 3 aliphatic rings. The molecule has 0 aromatic heterocycles. The monoisotopic (exact) mass is 432 g/mol. The number of imide groups is 2. The Balaban J connectivity index is 1.38. The van der Waals surface area contributed by atoms with Crippen molar-refractivity contribution in [3.63, 3.8) is 0 Å². The molecule has 0 bridgehead atoms. The summed E-state index contributed by atoms with van der Waals surface area (Å²) in [5.41, 5.74) is 3.11. The Morgan fingerprint density at radius 2 is 1.69 bits per heavy atom. The minimum atomic E-state index is -1.14. The number of hydrogen-bond donors (Lipinski definition) is 1. The van der Waals surface area contributed by atoms with E-state index in [0.717, 1.165) is 9.80 Å². The lowest BCUT2D eigenvalue weighted by atomic mass is 9.95. The second kappa shape index (κ2) is 7.12. The molecule has 4 amide bonds. The molecule has 0 radical (unpaired) electrons. The van der Waals surface area contributed by atoms with Crippen LogP contribution in [0.4, 0.5) is 5.69 Å².